The number of nitrogens with zero attached hydrogens (tertiary/aromatic N) is 2. The van der Waals surface area contributed by atoms with E-state index in [0.717, 1.165) is 31.4 Å². The Bertz CT molecular complexity index is 530. The van der Waals surface area contributed by atoms with Gasteiger partial charge >= 0.3 is 5.97 Å². The molecule has 0 aromatic heterocycles. The number of hydrogen-bond acceptors (Lipinski definition) is 5. The molecule has 1 heterocycles. The summed E-state index contributed by atoms with van der Waals surface area (Å²) in [6.07, 6.45) is 10.0. The van der Waals surface area contributed by atoms with Crippen molar-refractivity contribution in [1.82, 2.24) is 9.80 Å². The molecule has 0 unspecified atom stereocenters. The van der Waals surface area contributed by atoms with Gasteiger partial charge in [0.25, 0.3) is 0 Å². The van der Waals surface area contributed by atoms with Gasteiger partial charge in [-0.05, 0) is 38.9 Å². The first-order valence-electron chi connectivity index (χ1n) is 8.10. The van der Waals surface area contributed by atoms with Crippen LogP contribution in [0.4, 0.5) is 0 Å². The molecule has 5 nitrogen and oxygen atoms in total. The Morgan fingerprint density at radius 1 is 1.52 bits per heavy atom. The monoisotopic (exact) mass is 337 g/mol. The Morgan fingerprint density at radius 3 is 2.87 bits per heavy atom. The van der Waals surface area contributed by atoms with Gasteiger partial charge in [-0.3, -0.25) is 9.69 Å². The van der Waals surface area contributed by atoms with Crippen LogP contribution in [0, 0.1) is 5.92 Å². The average molecular weight is 337 g/mol. The zero-order chi connectivity index (χ0) is 17.0. The molecule has 2 N–H and O–H groups in total. The van der Waals surface area contributed by atoms with E-state index in [1.807, 2.05) is 21.1 Å². The van der Waals surface area contributed by atoms with Crippen LogP contribution < -0.4 is 5.73 Å². The minimum Gasteiger partial charge on any atom is -0.450 e. The second-order valence-electron chi connectivity index (χ2n) is 6.74. The number of esters is 1. The van der Waals surface area contributed by atoms with E-state index in [9.17, 15) is 4.79 Å². The van der Waals surface area contributed by atoms with Crippen LogP contribution in [0.5, 0.6) is 0 Å². The van der Waals surface area contributed by atoms with Crippen LogP contribution in [0.1, 0.15) is 25.7 Å². The minimum atomic E-state index is -0.866. The Morgan fingerprint density at radius 2 is 2.26 bits per heavy atom. The Kier molecular flexibility index (Phi) is 5.81. The van der Waals surface area contributed by atoms with Gasteiger partial charge < -0.3 is 15.4 Å². The normalized spacial score (nSPS) is 27.7. The molecule has 2 rings (SSSR count). The summed E-state index contributed by atoms with van der Waals surface area (Å²) in [5.41, 5.74) is 6.37. The van der Waals surface area contributed by atoms with E-state index >= 15 is 0 Å². The Balaban J connectivity index is 2.31. The molecule has 1 saturated carbocycles. The second-order valence-corrected chi connectivity index (χ2v) is 7.17. The SMILES string of the molecule is CN(C)CC(=O)O[C@]1(C(N)=S)CCCC[C@H]1C1=CN(C)CC=C1. The first-order chi connectivity index (χ1) is 10.8. The first-order valence-corrected chi connectivity index (χ1v) is 8.51. The molecule has 2 atom stereocenters. The van der Waals surface area contributed by atoms with E-state index in [1.165, 1.54) is 0 Å². The summed E-state index contributed by atoms with van der Waals surface area (Å²) >= 11 is 5.36. The van der Waals surface area contributed by atoms with Gasteiger partial charge in [0.1, 0.15) is 4.99 Å². The number of carbonyl (C=O) groups is 1. The first kappa shape index (κ1) is 17.9. The number of allylic oxidation sites excluding steroid dienone is 1. The zero-order valence-electron chi connectivity index (χ0n) is 14.2. The molecule has 0 aromatic carbocycles. The molecule has 1 aliphatic carbocycles. The summed E-state index contributed by atoms with van der Waals surface area (Å²) in [5, 5.41) is 0. The smallest absolute Gasteiger partial charge is 0.321 e. The summed E-state index contributed by atoms with van der Waals surface area (Å²) in [5.74, 6) is -0.248. The van der Waals surface area contributed by atoms with Gasteiger partial charge in [0, 0.05) is 25.7 Å². The maximum atomic E-state index is 12.3. The van der Waals surface area contributed by atoms with Crippen LogP contribution in [0.25, 0.3) is 0 Å². The van der Waals surface area contributed by atoms with Gasteiger partial charge in [-0.25, -0.2) is 0 Å². The zero-order valence-corrected chi connectivity index (χ0v) is 15.1. The lowest BCUT2D eigenvalue weighted by atomic mass is 9.71. The number of likely N-dealkylation sites (N-methyl/N-ethyl adjacent to an activating group) is 2. The molecule has 1 fully saturated rings. The van der Waals surface area contributed by atoms with Gasteiger partial charge in [0.2, 0.25) is 0 Å². The fourth-order valence-electron chi connectivity index (χ4n) is 3.45. The highest BCUT2D eigenvalue weighted by Gasteiger charge is 2.48. The van der Waals surface area contributed by atoms with E-state index < -0.39 is 5.60 Å². The fraction of sp³-hybridized carbons (Fsp3) is 0.647. The summed E-state index contributed by atoms with van der Waals surface area (Å²) < 4.78 is 5.91. The average Bonchev–Trinajstić information content (AvgIpc) is 2.46. The molecular formula is C17H27N3O2S. The number of ether oxygens (including phenoxy) is 1. The predicted molar refractivity (Wildman–Crippen MR) is 96.0 cm³/mol. The molecule has 0 aromatic rings. The van der Waals surface area contributed by atoms with Crippen molar-refractivity contribution >= 4 is 23.2 Å². The number of nitrogens with two attached hydrogens (primary N) is 1. The van der Waals surface area contributed by atoms with Crippen molar-refractivity contribution in [2.75, 3.05) is 34.2 Å². The van der Waals surface area contributed by atoms with Crippen LogP contribution in [0.15, 0.2) is 23.9 Å². The standard InChI is InChI=1S/C17H27N3O2S/c1-19(2)12-15(21)22-17(16(18)23)9-5-4-8-14(17)13-7-6-10-20(3)11-13/h6-7,11,14H,4-5,8-10,12H2,1-3H3,(H2,18,23)/t14-,17+/m0/s1. The van der Waals surface area contributed by atoms with Crippen LogP contribution in [-0.2, 0) is 9.53 Å². The van der Waals surface area contributed by atoms with Crippen molar-refractivity contribution in [2.45, 2.75) is 31.3 Å². The molecule has 0 amide bonds. The Labute approximate surface area is 144 Å². The lowest BCUT2D eigenvalue weighted by molar-refractivity contribution is -0.159. The van der Waals surface area contributed by atoms with Crippen LogP contribution >= 0.6 is 12.2 Å². The largest absolute Gasteiger partial charge is 0.450 e. The van der Waals surface area contributed by atoms with Gasteiger partial charge in [0.15, 0.2) is 5.60 Å². The maximum absolute atomic E-state index is 12.3. The van der Waals surface area contributed by atoms with Crippen molar-refractivity contribution in [3.05, 3.63) is 23.9 Å². The van der Waals surface area contributed by atoms with E-state index in [4.69, 9.17) is 22.7 Å². The number of hydrogen-bond donors (Lipinski definition) is 1. The molecule has 6 heteroatoms. The van der Waals surface area contributed by atoms with Crippen molar-refractivity contribution in [3.8, 4) is 0 Å². The molecule has 128 valence electrons. The number of rotatable bonds is 5. The van der Waals surface area contributed by atoms with E-state index in [2.05, 4.69) is 23.3 Å². The lowest BCUT2D eigenvalue weighted by Gasteiger charge is -2.44. The fourth-order valence-corrected chi connectivity index (χ4v) is 3.74. The van der Waals surface area contributed by atoms with Gasteiger partial charge in [-0.2, -0.15) is 0 Å². The molecule has 0 saturated heterocycles. The Hall–Kier alpha value is -1.40. The highest BCUT2D eigenvalue weighted by molar-refractivity contribution is 7.80. The lowest BCUT2D eigenvalue weighted by Crippen LogP contribution is -2.55. The summed E-state index contributed by atoms with van der Waals surface area (Å²) in [6, 6.07) is 0. The van der Waals surface area contributed by atoms with Crippen molar-refractivity contribution in [1.29, 1.82) is 0 Å². The van der Waals surface area contributed by atoms with Gasteiger partial charge in [-0.15, -0.1) is 0 Å². The van der Waals surface area contributed by atoms with Crippen molar-refractivity contribution < 1.29 is 9.53 Å². The van der Waals surface area contributed by atoms with E-state index in [1.54, 1.807) is 4.90 Å². The predicted octanol–water partition coefficient (Wildman–Crippen LogP) is 1.69. The van der Waals surface area contributed by atoms with Crippen molar-refractivity contribution in [2.24, 2.45) is 11.7 Å². The minimum absolute atomic E-state index is 0.0267. The van der Waals surface area contributed by atoms with Crippen LogP contribution in [0.3, 0.4) is 0 Å². The van der Waals surface area contributed by atoms with Crippen LogP contribution in [0.2, 0.25) is 0 Å². The van der Waals surface area contributed by atoms with E-state index in [0.29, 0.717) is 6.42 Å². The number of thiocarbonyl (C=S) groups is 1. The molecule has 23 heavy (non-hydrogen) atoms. The molecule has 0 bridgehead atoms. The molecule has 0 spiro atoms. The quantitative estimate of drug-likeness (QED) is 0.609. The highest BCUT2D eigenvalue weighted by Crippen LogP contribution is 2.42. The summed E-state index contributed by atoms with van der Waals surface area (Å²) in [7, 11) is 5.72. The summed E-state index contributed by atoms with van der Waals surface area (Å²) in [6.45, 7) is 1.11. The molecular weight excluding hydrogens is 310 g/mol. The van der Waals surface area contributed by atoms with E-state index in [-0.39, 0.29) is 23.4 Å². The van der Waals surface area contributed by atoms with Crippen LogP contribution in [-0.4, -0.2) is 60.6 Å². The molecule has 2 aliphatic rings. The number of carbonyl (C=O) groups excluding carboxylic acids is 1. The second kappa shape index (κ2) is 7.45. The third-order valence-corrected chi connectivity index (χ3v) is 4.83. The summed E-state index contributed by atoms with van der Waals surface area (Å²) in [4.78, 5) is 16.5. The van der Waals surface area contributed by atoms with Crippen molar-refractivity contribution in [3.63, 3.8) is 0 Å². The maximum Gasteiger partial charge on any atom is 0.321 e. The highest BCUT2D eigenvalue weighted by atomic mass is 32.1. The topological polar surface area (TPSA) is 58.8 Å². The van der Waals surface area contributed by atoms with Gasteiger partial charge in [0.05, 0.1) is 6.54 Å². The molecule has 0 radical (unpaired) electrons. The molecule has 1 aliphatic heterocycles. The third-order valence-electron chi connectivity index (χ3n) is 4.49. The third kappa shape index (κ3) is 4.12. The van der Waals surface area contributed by atoms with Gasteiger partial charge in [-0.1, -0.05) is 30.8 Å².